The maximum atomic E-state index is 12.5. The van der Waals surface area contributed by atoms with Gasteiger partial charge in [0, 0.05) is 43.6 Å². The molecular weight excluding hydrogens is 390 g/mol. The van der Waals surface area contributed by atoms with Crippen molar-refractivity contribution in [2.45, 2.75) is 51.4 Å². The van der Waals surface area contributed by atoms with Gasteiger partial charge >= 0.3 is 0 Å². The molecule has 1 amide bonds. The third kappa shape index (κ3) is 6.17. The van der Waals surface area contributed by atoms with Crippen LogP contribution in [0, 0.1) is 0 Å². The minimum Gasteiger partial charge on any atom is -0.494 e. The molecular formula is C26H33NO4. The molecule has 1 aliphatic rings. The largest absolute Gasteiger partial charge is 0.494 e. The highest BCUT2D eigenvalue weighted by Crippen LogP contribution is 2.35. The molecule has 0 radical (unpaired) electrons. The van der Waals surface area contributed by atoms with E-state index in [9.17, 15) is 9.59 Å². The number of ether oxygens (including phenoxy) is 2. The average Bonchev–Trinajstić information content (AvgIpc) is 2.82. The number of benzene rings is 2. The molecule has 1 N–H and O–H groups in total. The van der Waals surface area contributed by atoms with E-state index in [1.54, 1.807) is 0 Å². The summed E-state index contributed by atoms with van der Waals surface area (Å²) in [5.74, 6) is 0.767. The topological polar surface area (TPSA) is 64.6 Å². The molecule has 0 aromatic heterocycles. The lowest BCUT2D eigenvalue weighted by atomic mass is 9.74. The minimum absolute atomic E-state index is 0.00472. The van der Waals surface area contributed by atoms with Crippen molar-refractivity contribution in [2.24, 2.45) is 0 Å². The van der Waals surface area contributed by atoms with E-state index in [0.29, 0.717) is 31.9 Å². The predicted octanol–water partition coefficient (Wildman–Crippen LogP) is 4.48. The molecule has 1 saturated heterocycles. The van der Waals surface area contributed by atoms with Gasteiger partial charge in [-0.15, -0.1) is 0 Å². The Balaban J connectivity index is 1.56. The van der Waals surface area contributed by atoms with Crippen molar-refractivity contribution in [1.82, 2.24) is 5.32 Å². The van der Waals surface area contributed by atoms with Gasteiger partial charge in [-0.2, -0.15) is 0 Å². The zero-order chi connectivity index (χ0) is 22.1. The Hall–Kier alpha value is -2.66. The second-order valence-electron chi connectivity index (χ2n) is 8.10. The average molecular weight is 424 g/mol. The quantitative estimate of drug-likeness (QED) is 0.573. The summed E-state index contributed by atoms with van der Waals surface area (Å²) in [6.07, 6.45) is 3.06. The molecule has 0 bridgehead atoms. The molecule has 0 aliphatic carbocycles. The van der Waals surface area contributed by atoms with E-state index in [2.05, 4.69) is 24.4 Å². The number of aryl methyl sites for hydroxylation is 1. The Morgan fingerprint density at radius 3 is 2.26 bits per heavy atom. The Labute approximate surface area is 185 Å². The highest BCUT2D eigenvalue weighted by molar-refractivity contribution is 5.97. The molecule has 0 atom stereocenters. The molecule has 5 nitrogen and oxygen atoms in total. The Morgan fingerprint density at radius 1 is 0.968 bits per heavy atom. The molecule has 2 aromatic rings. The van der Waals surface area contributed by atoms with Crippen LogP contribution in [0.2, 0.25) is 0 Å². The van der Waals surface area contributed by atoms with E-state index in [1.807, 2.05) is 43.3 Å². The number of rotatable bonds is 10. The van der Waals surface area contributed by atoms with Gasteiger partial charge in [-0.1, -0.05) is 43.3 Å². The van der Waals surface area contributed by atoms with Crippen LogP contribution in [-0.4, -0.2) is 38.1 Å². The van der Waals surface area contributed by atoms with Gasteiger partial charge in [-0.25, -0.2) is 0 Å². The maximum absolute atomic E-state index is 12.5. The molecule has 0 unspecified atom stereocenters. The summed E-state index contributed by atoms with van der Waals surface area (Å²) >= 11 is 0. The second-order valence-corrected chi connectivity index (χ2v) is 8.10. The number of hydrogen-bond acceptors (Lipinski definition) is 4. The highest BCUT2D eigenvalue weighted by atomic mass is 16.5. The summed E-state index contributed by atoms with van der Waals surface area (Å²) in [5, 5.41) is 3.08. The molecule has 1 heterocycles. The van der Waals surface area contributed by atoms with Gasteiger partial charge in [0.1, 0.15) is 5.75 Å². The number of hydrogen-bond donors (Lipinski definition) is 1. The van der Waals surface area contributed by atoms with E-state index in [-0.39, 0.29) is 29.9 Å². The summed E-state index contributed by atoms with van der Waals surface area (Å²) in [5.41, 5.74) is 2.90. The minimum atomic E-state index is -0.154. The molecule has 3 rings (SSSR count). The fourth-order valence-electron chi connectivity index (χ4n) is 4.05. The van der Waals surface area contributed by atoms with Crippen LogP contribution >= 0.6 is 0 Å². The van der Waals surface area contributed by atoms with Crippen LogP contribution in [0.3, 0.4) is 0 Å². The second kappa shape index (κ2) is 11.1. The fourth-order valence-corrected chi connectivity index (χ4v) is 4.05. The summed E-state index contributed by atoms with van der Waals surface area (Å²) in [6, 6.07) is 15.8. The van der Waals surface area contributed by atoms with E-state index < -0.39 is 0 Å². The molecule has 1 aliphatic heterocycles. The van der Waals surface area contributed by atoms with Crippen molar-refractivity contribution in [2.75, 3.05) is 26.4 Å². The Bertz CT molecular complexity index is 852. The van der Waals surface area contributed by atoms with Crippen molar-refractivity contribution >= 4 is 11.7 Å². The number of amides is 1. The van der Waals surface area contributed by atoms with Crippen molar-refractivity contribution in [3.8, 4) is 5.75 Å². The molecule has 5 heteroatoms. The summed E-state index contributed by atoms with van der Waals surface area (Å²) in [4.78, 5) is 24.9. The number of carbonyl (C=O) groups excluding carboxylic acids is 2. The monoisotopic (exact) mass is 423 g/mol. The Kier molecular flexibility index (Phi) is 8.24. The first-order chi connectivity index (χ1) is 15.1. The van der Waals surface area contributed by atoms with Crippen molar-refractivity contribution < 1.29 is 19.1 Å². The van der Waals surface area contributed by atoms with Gasteiger partial charge in [0.15, 0.2) is 5.78 Å². The van der Waals surface area contributed by atoms with E-state index in [4.69, 9.17) is 9.47 Å². The maximum Gasteiger partial charge on any atom is 0.220 e. The molecule has 166 valence electrons. The van der Waals surface area contributed by atoms with Crippen molar-refractivity contribution in [3.63, 3.8) is 0 Å². The SMILES string of the molecule is CCOc1ccc(C2(CNC(=O)CCC(=O)c3ccc(CC)cc3)CCOCC2)cc1. The van der Waals surface area contributed by atoms with Gasteiger partial charge in [0.05, 0.1) is 6.61 Å². The zero-order valence-electron chi connectivity index (χ0n) is 18.6. The standard InChI is InChI=1S/C26H33NO4/c1-3-20-5-7-21(8-6-20)24(28)13-14-25(29)27-19-26(15-17-30-18-16-26)22-9-11-23(12-10-22)31-4-2/h5-12H,3-4,13-19H2,1-2H3,(H,27,29). The van der Waals surface area contributed by atoms with Crippen LogP contribution in [0.5, 0.6) is 5.75 Å². The first-order valence-electron chi connectivity index (χ1n) is 11.3. The number of Topliss-reactive ketones (excluding diaryl/α,β-unsaturated/α-hetero) is 1. The normalized spacial score (nSPS) is 15.3. The van der Waals surface area contributed by atoms with Gasteiger partial charge in [-0.05, 0) is 49.4 Å². The van der Waals surface area contributed by atoms with Crippen LogP contribution in [0.25, 0.3) is 0 Å². The van der Waals surface area contributed by atoms with Gasteiger partial charge in [-0.3, -0.25) is 9.59 Å². The van der Waals surface area contributed by atoms with E-state index >= 15 is 0 Å². The number of carbonyl (C=O) groups is 2. The molecule has 2 aromatic carbocycles. The molecule has 0 spiro atoms. The molecule has 31 heavy (non-hydrogen) atoms. The smallest absolute Gasteiger partial charge is 0.220 e. The highest BCUT2D eigenvalue weighted by Gasteiger charge is 2.34. The predicted molar refractivity (Wildman–Crippen MR) is 122 cm³/mol. The van der Waals surface area contributed by atoms with Gasteiger partial charge < -0.3 is 14.8 Å². The van der Waals surface area contributed by atoms with Crippen LogP contribution < -0.4 is 10.1 Å². The van der Waals surface area contributed by atoms with E-state index in [0.717, 1.165) is 25.0 Å². The van der Waals surface area contributed by atoms with Crippen LogP contribution in [-0.2, 0) is 21.4 Å². The van der Waals surface area contributed by atoms with E-state index in [1.165, 1.54) is 11.1 Å². The summed E-state index contributed by atoms with van der Waals surface area (Å²) < 4.78 is 11.1. The Morgan fingerprint density at radius 2 is 1.65 bits per heavy atom. The van der Waals surface area contributed by atoms with Crippen LogP contribution in [0.4, 0.5) is 0 Å². The first kappa shape index (κ1) is 23.0. The number of ketones is 1. The lowest BCUT2D eigenvalue weighted by molar-refractivity contribution is -0.121. The fraction of sp³-hybridized carbons (Fsp3) is 0.462. The molecule has 0 saturated carbocycles. The van der Waals surface area contributed by atoms with Crippen molar-refractivity contribution in [3.05, 3.63) is 65.2 Å². The third-order valence-electron chi connectivity index (χ3n) is 6.11. The third-order valence-corrected chi connectivity index (χ3v) is 6.11. The van der Waals surface area contributed by atoms with Crippen LogP contribution in [0.15, 0.2) is 48.5 Å². The number of nitrogens with one attached hydrogen (secondary N) is 1. The lowest BCUT2D eigenvalue weighted by Gasteiger charge is -2.38. The van der Waals surface area contributed by atoms with Crippen LogP contribution in [0.1, 0.15) is 61.0 Å². The zero-order valence-corrected chi connectivity index (χ0v) is 18.6. The molecule has 1 fully saturated rings. The summed E-state index contributed by atoms with van der Waals surface area (Å²) in [7, 11) is 0. The lowest BCUT2D eigenvalue weighted by Crippen LogP contribution is -2.44. The van der Waals surface area contributed by atoms with Gasteiger partial charge in [0.2, 0.25) is 5.91 Å². The first-order valence-corrected chi connectivity index (χ1v) is 11.3. The summed E-state index contributed by atoms with van der Waals surface area (Å²) in [6.45, 7) is 6.58. The van der Waals surface area contributed by atoms with Gasteiger partial charge in [0.25, 0.3) is 0 Å². The van der Waals surface area contributed by atoms with Crippen molar-refractivity contribution in [1.29, 1.82) is 0 Å².